The third-order valence-electron chi connectivity index (χ3n) is 3.45. The molecule has 0 aliphatic rings. The Morgan fingerprint density at radius 2 is 1.19 bits per heavy atom. The molecule has 0 saturated heterocycles. The molecule has 4 rings (SSSR count). The second-order valence-electron chi connectivity index (χ2n) is 5.08. The molecule has 0 saturated carbocycles. The molecule has 0 unspecified atom stereocenters. The van der Waals surface area contributed by atoms with E-state index >= 15 is 0 Å². The van der Waals surface area contributed by atoms with Gasteiger partial charge >= 0.3 is 25.8 Å². The summed E-state index contributed by atoms with van der Waals surface area (Å²) in [6.07, 6.45) is 4.05. The van der Waals surface area contributed by atoms with Crippen LogP contribution in [0.5, 0.6) is 0 Å². The van der Waals surface area contributed by atoms with Gasteiger partial charge in [0.25, 0.3) is 0 Å². The Balaban J connectivity index is 0. The van der Waals surface area contributed by atoms with Gasteiger partial charge in [-0.15, -0.1) is 59.3 Å². The second-order valence-corrected chi connectivity index (χ2v) is 5.49. The molecule has 0 nitrogen and oxygen atoms in total. The van der Waals surface area contributed by atoms with Crippen molar-refractivity contribution in [2.24, 2.45) is 0 Å². The molecule has 0 bridgehead atoms. The summed E-state index contributed by atoms with van der Waals surface area (Å²) < 4.78 is 0. The van der Waals surface area contributed by atoms with E-state index in [-0.39, 0.29) is 50.7 Å². The number of allylic oxidation sites excluding steroid dienone is 2. The molecule has 131 valence electrons. The molecule has 4 aromatic rings. The number of benzene rings is 2. The number of rotatable bonds is 1. The van der Waals surface area contributed by atoms with Crippen molar-refractivity contribution >= 4 is 31.8 Å². The fraction of sp³-hybridized carbons (Fsp3) is 0.0909. The zero-order valence-electron chi connectivity index (χ0n) is 14.7. The molecular formula is C22H21Cl2HfSi. The minimum atomic E-state index is 0. The van der Waals surface area contributed by atoms with Crippen LogP contribution in [0.1, 0.15) is 6.92 Å². The molecule has 0 fully saturated rings. The average Bonchev–Trinajstić information content (AvgIpc) is 3.26. The molecule has 0 atom stereocenters. The Kier molecular flexibility index (Phi) is 17.1. The third-order valence-corrected chi connectivity index (χ3v) is 3.68. The molecule has 0 aliphatic heterocycles. The standard InChI is InChI=1S/2C9H7.C4H7Si.2ClH.Hf/c2*1-2-5-9-7-3-6-8(9)4-1;1-2-3-4-5;;;/h2*1-7H;2-3H,4H2,1H3;2*1H;/q2*-1;;;;+4/p-2. The quantitative estimate of drug-likeness (QED) is 0.178. The van der Waals surface area contributed by atoms with Gasteiger partial charge in [0.05, 0.1) is 0 Å². The molecule has 26 heavy (non-hydrogen) atoms. The van der Waals surface area contributed by atoms with E-state index in [1.165, 1.54) is 21.5 Å². The molecule has 0 amide bonds. The van der Waals surface area contributed by atoms with Gasteiger partial charge in [0.2, 0.25) is 0 Å². The van der Waals surface area contributed by atoms with Crippen molar-refractivity contribution in [3.63, 3.8) is 0 Å². The van der Waals surface area contributed by atoms with Gasteiger partial charge in [-0.2, -0.15) is 35.0 Å². The summed E-state index contributed by atoms with van der Waals surface area (Å²) in [6.45, 7) is 2.00. The van der Waals surface area contributed by atoms with Crippen molar-refractivity contribution in [3.05, 3.63) is 97.1 Å². The largest absolute Gasteiger partial charge is 4.00 e. The summed E-state index contributed by atoms with van der Waals surface area (Å²) in [4.78, 5) is 0. The Morgan fingerprint density at radius 1 is 0.769 bits per heavy atom. The minimum absolute atomic E-state index is 0. The zero-order chi connectivity index (χ0) is 16.3. The topological polar surface area (TPSA) is 0 Å². The predicted octanol–water partition coefficient (Wildman–Crippen LogP) is 0.272. The fourth-order valence-electron chi connectivity index (χ4n) is 2.26. The predicted molar refractivity (Wildman–Crippen MR) is 104 cm³/mol. The van der Waals surface area contributed by atoms with Gasteiger partial charge in [0.15, 0.2) is 0 Å². The van der Waals surface area contributed by atoms with Gasteiger partial charge in [0.1, 0.15) is 0 Å². The Bertz CT molecular complexity index is 723. The van der Waals surface area contributed by atoms with Gasteiger partial charge in [-0.05, 0) is 13.0 Å². The van der Waals surface area contributed by atoms with Crippen molar-refractivity contribution in [3.8, 4) is 0 Å². The van der Waals surface area contributed by atoms with Crippen LogP contribution in [0.2, 0.25) is 6.04 Å². The molecule has 4 aromatic carbocycles. The van der Waals surface area contributed by atoms with Crippen molar-refractivity contribution < 1.29 is 50.7 Å². The molecule has 0 aromatic heterocycles. The van der Waals surface area contributed by atoms with Crippen LogP contribution in [0.4, 0.5) is 0 Å². The van der Waals surface area contributed by atoms with E-state index in [2.05, 4.69) is 95.2 Å². The maximum absolute atomic E-state index is 3.26. The number of hydrogen-bond donors (Lipinski definition) is 0. The molecule has 3 radical (unpaired) electrons. The van der Waals surface area contributed by atoms with Crippen LogP contribution in [0, 0.1) is 0 Å². The second kappa shape index (κ2) is 16.3. The minimum Gasteiger partial charge on any atom is -1.00 e. The first-order valence-electron chi connectivity index (χ1n) is 7.82. The van der Waals surface area contributed by atoms with Crippen LogP contribution in [0.15, 0.2) is 97.1 Å². The van der Waals surface area contributed by atoms with Crippen LogP contribution in [0.25, 0.3) is 21.5 Å². The van der Waals surface area contributed by atoms with Crippen LogP contribution in [-0.2, 0) is 25.8 Å². The molecule has 0 N–H and O–H groups in total. The van der Waals surface area contributed by atoms with E-state index in [0.29, 0.717) is 0 Å². The third kappa shape index (κ3) is 9.13. The first-order chi connectivity index (χ1) is 11.3. The van der Waals surface area contributed by atoms with Crippen LogP contribution in [0.3, 0.4) is 0 Å². The van der Waals surface area contributed by atoms with Gasteiger partial charge < -0.3 is 24.8 Å². The van der Waals surface area contributed by atoms with Crippen molar-refractivity contribution in [1.82, 2.24) is 0 Å². The summed E-state index contributed by atoms with van der Waals surface area (Å²) in [7, 11) is 3.26. The average molecular weight is 563 g/mol. The number of halogens is 2. The molecule has 0 aliphatic carbocycles. The van der Waals surface area contributed by atoms with Gasteiger partial charge in [-0.25, -0.2) is 0 Å². The molecule has 0 spiro atoms. The van der Waals surface area contributed by atoms with Crippen molar-refractivity contribution in [2.75, 3.05) is 0 Å². The summed E-state index contributed by atoms with van der Waals surface area (Å²) in [5, 5.41) is 5.32. The summed E-state index contributed by atoms with van der Waals surface area (Å²) in [5.41, 5.74) is 0. The smallest absolute Gasteiger partial charge is 1.00 e. The van der Waals surface area contributed by atoms with Crippen LogP contribution in [-0.4, -0.2) is 10.2 Å². The first-order valence-corrected chi connectivity index (χ1v) is 8.52. The Hall–Kier alpha value is -0.933. The molecular weight excluding hydrogens is 542 g/mol. The number of hydrogen-bond acceptors (Lipinski definition) is 0. The van der Waals surface area contributed by atoms with Crippen molar-refractivity contribution in [1.29, 1.82) is 0 Å². The fourth-order valence-corrected chi connectivity index (χ4v) is 2.49. The van der Waals surface area contributed by atoms with E-state index in [0.717, 1.165) is 6.04 Å². The number of fused-ring (bicyclic) bond motifs is 2. The Morgan fingerprint density at radius 3 is 1.50 bits per heavy atom. The summed E-state index contributed by atoms with van der Waals surface area (Å²) >= 11 is 0. The molecule has 0 heterocycles. The van der Waals surface area contributed by atoms with E-state index in [1.54, 1.807) is 0 Å². The van der Waals surface area contributed by atoms with E-state index in [9.17, 15) is 0 Å². The SMILES string of the molecule is CC=CC[Si].[Cl-].[Cl-].[Hf+4].c1ccc2[cH-]ccc2c1.c1ccc2[cH-]ccc2c1. The van der Waals surface area contributed by atoms with E-state index < -0.39 is 0 Å². The van der Waals surface area contributed by atoms with E-state index in [4.69, 9.17) is 0 Å². The van der Waals surface area contributed by atoms with Gasteiger partial charge in [0, 0.05) is 10.2 Å². The zero-order valence-corrected chi connectivity index (χ0v) is 20.8. The van der Waals surface area contributed by atoms with Crippen LogP contribution >= 0.6 is 0 Å². The maximum atomic E-state index is 3.26. The maximum Gasteiger partial charge on any atom is 4.00 e. The first kappa shape index (κ1) is 27.3. The monoisotopic (exact) mass is 563 g/mol. The summed E-state index contributed by atoms with van der Waals surface area (Å²) in [6, 6.07) is 30.3. The van der Waals surface area contributed by atoms with E-state index in [1.807, 2.05) is 19.1 Å². The van der Waals surface area contributed by atoms with Gasteiger partial charge in [-0.1, -0.05) is 24.3 Å². The summed E-state index contributed by atoms with van der Waals surface area (Å²) in [5.74, 6) is 0. The van der Waals surface area contributed by atoms with Crippen molar-refractivity contribution in [2.45, 2.75) is 13.0 Å². The normalized spacial score (nSPS) is 9.00. The van der Waals surface area contributed by atoms with Gasteiger partial charge in [-0.3, -0.25) is 0 Å². The Labute approximate surface area is 191 Å². The molecule has 4 heteroatoms. The van der Waals surface area contributed by atoms with Crippen LogP contribution < -0.4 is 24.8 Å².